The van der Waals surface area contributed by atoms with Crippen LogP contribution in [0, 0.1) is 5.92 Å². The lowest BCUT2D eigenvalue weighted by molar-refractivity contribution is -0.128. The maximum atomic E-state index is 12.5. The second-order valence-corrected chi connectivity index (χ2v) is 7.56. The fraction of sp³-hybridized carbons (Fsp3) is 0.550. The molecule has 2 heterocycles. The second-order valence-electron chi connectivity index (χ2n) is 7.56. The van der Waals surface area contributed by atoms with Crippen LogP contribution >= 0.6 is 0 Å². The SMILES string of the molecule is COc1ccc(CN2C(=O)C3CCCN3C2=O)cc1NC(=O)C1CCCC1. The molecular weight excluding hydrogens is 346 g/mol. The molecule has 1 unspecified atom stereocenters. The first-order valence-corrected chi connectivity index (χ1v) is 9.68. The minimum Gasteiger partial charge on any atom is -0.495 e. The number of fused-ring (bicyclic) bond motifs is 1. The van der Waals surface area contributed by atoms with Gasteiger partial charge in [-0.1, -0.05) is 18.9 Å². The minimum atomic E-state index is -0.294. The van der Waals surface area contributed by atoms with E-state index in [9.17, 15) is 14.4 Å². The molecule has 144 valence electrons. The minimum absolute atomic E-state index is 0.0110. The van der Waals surface area contributed by atoms with E-state index in [-0.39, 0.29) is 36.3 Å². The molecule has 3 fully saturated rings. The molecule has 7 nitrogen and oxygen atoms in total. The quantitative estimate of drug-likeness (QED) is 0.807. The van der Waals surface area contributed by atoms with Gasteiger partial charge in [0.05, 0.1) is 19.3 Å². The van der Waals surface area contributed by atoms with Gasteiger partial charge in [0.1, 0.15) is 11.8 Å². The molecule has 1 N–H and O–H groups in total. The molecule has 4 rings (SSSR count). The van der Waals surface area contributed by atoms with Crippen LogP contribution in [0.1, 0.15) is 44.1 Å². The number of anilines is 1. The fourth-order valence-electron chi connectivity index (χ4n) is 4.38. The van der Waals surface area contributed by atoms with E-state index >= 15 is 0 Å². The summed E-state index contributed by atoms with van der Waals surface area (Å²) < 4.78 is 5.37. The Bertz CT molecular complexity index is 750. The van der Waals surface area contributed by atoms with Crippen LogP contribution in [0.25, 0.3) is 0 Å². The average Bonchev–Trinajstić information content (AvgIpc) is 3.40. The predicted molar refractivity (Wildman–Crippen MR) is 99.3 cm³/mol. The van der Waals surface area contributed by atoms with Gasteiger partial charge >= 0.3 is 6.03 Å². The van der Waals surface area contributed by atoms with Crippen molar-refractivity contribution in [3.8, 4) is 5.75 Å². The molecule has 4 amide bonds. The van der Waals surface area contributed by atoms with Gasteiger partial charge in [-0.25, -0.2) is 4.79 Å². The van der Waals surface area contributed by atoms with Crippen LogP contribution < -0.4 is 10.1 Å². The maximum Gasteiger partial charge on any atom is 0.327 e. The molecule has 1 aromatic rings. The number of carbonyl (C=O) groups is 3. The molecule has 1 atom stereocenters. The lowest BCUT2D eigenvalue weighted by Gasteiger charge is -2.18. The van der Waals surface area contributed by atoms with E-state index in [1.807, 2.05) is 6.07 Å². The Morgan fingerprint density at radius 2 is 1.96 bits per heavy atom. The van der Waals surface area contributed by atoms with Crippen LogP contribution in [0.15, 0.2) is 18.2 Å². The first-order valence-electron chi connectivity index (χ1n) is 9.68. The third-order valence-corrected chi connectivity index (χ3v) is 5.87. The van der Waals surface area contributed by atoms with Gasteiger partial charge < -0.3 is 15.0 Å². The smallest absolute Gasteiger partial charge is 0.327 e. The lowest BCUT2D eigenvalue weighted by atomic mass is 10.1. The summed E-state index contributed by atoms with van der Waals surface area (Å²) in [6, 6.07) is 4.89. The van der Waals surface area contributed by atoms with Gasteiger partial charge in [0.2, 0.25) is 5.91 Å². The molecule has 0 radical (unpaired) electrons. The summed E-state index contributed by atoms with van der Waals surface area (Å²) in [4.78, 5) is 40.5. The summed E-state index contributed by atoms with van der Waals surface area (Å²) in [5.74, 6) is 0.513. The first-order chi connectivity index (χ1) is 13.1. The van der Waals surface area contributed by atoms with Gasteiger partial charge in [0.15, 0.2) is 0 Å². The summed E-state index contributed by atoms with van der Waals surface area (Å²) in [5, 5.41) is 2.97. The molecule has 3 aliphatic rings. The van der Waals surface area contributed by atoms with Crippen LogP contribution in [0.3, 0.4) is 0 Å². The highest BCUT2D eigenvalue weighted by atomic mass is 16.5. The lowest BCUT2D eigenvalue weighted by Crippen LogP contribution is -2.32. The standard InChI is InChI=1S/C20H25N3O4/c1-27-17-9-8-13(11-15(17)21-18(24)14-5-2-3-6-14)12-23-19(25)16-7-4-10-22(16)20(23)26/h8-9,11,14,16H,2-7,10,12H2,1H3,(H,21,24). The number of nitrogens with zero attached hydrogens (tertiary/aromatic N) is 2. The van der Waals surface area contributed by atoms with Crippen LogP contribution in [-0.2, 0) is 16.1 Å². The van der Waals surface area contributed by atoms with E-state index in [0.717, 1.165) is 44.1 Å². The molecule has 0 aromatic heterocycles. The summed E-state index contributed by atoms with van der Waals surface area (Å²) >= 11 is 0. The zero-order chi connectivity index (χ0) is 19.0. The summed E-state index contributed by atoms with van der Waals surface area (Å²) in [7, 11) is 1.56. The Morgan fingerprint density at radius 3 is 2.67 bits per heavy atom. The van der Waals surface area contributed by atoms with E-state index in [4.69, 9.17) is 4.74 Å². The number of urea groups is 1. The number of carbonyl (C=O) groups excluding carboxylic acids is 3. The van der Waals surface area contributed by atoms with Crippen molar-refractivity contribution in [2.45, 2.75) is 51.1 Å². The van der Waals surface area contributed by atoms with Crippen LogP contribution in [0.4, 0.5) is 10.5 Å². The molecule has 1 saturated carbocycles. The number of hydrogen-bond acceptors (Lipinski definition) is 4. The van der Waals surface area contributed by atoms with Gasteiger partial charge in [0.25, 0.3) is 5.91 Å². The van der Waals surface area contributed by atoms with Crippen molar-refractivity contribution in [3.63, 3.8) is 0 Å². The number of methoxy groups -OCH3 is 1. The van der Waals surface area contributed by atoms with Crippen LogP contribution in [0.5, 0.6) is 5.75 Å². The highest BCUT2D eigenvalue weighted by Gasteiger charge is 2.47. The summed E-state index contributed by atoms with van der Waals surface area (Å²) in [6.07, 6.45) is 5.64. The van der Waals surface area contributed by atoms with Gasteiger partial charge in [-0.15, -0.1) is 0 Å². The van der Waals surface area contributed by atoms with Crippen molar-refractivity contribution in [3.05, 3.63) is 23.8 Å². The van der Waals surface area contributed by atoms with Crippen LogP contribution in [0.2, 0.25) is 0 Å². The molecule has 27 heavy (non-hydrogen) atoms. The Balaban J connectivity index is 1.51. The van der Waals surface area contributed by atoms with Crippen molar-refractivity contribution in [1.82, 2.24) is 9.80 Å². The number of rotatable bonds is 5. The third kappa shape index (κ3) is 3.26. The zero-order valence-corrected chi connectivity index (χ0v) is 15.6. The average molecular weight is 371 g/mol. The summed E-state index contributed by atoms with van der Waals surface area (Å²) in [5.41, 5.74) is 1.38. The predicted octanol–water partition coefficient (Wildman–Crippen LogP) is 2.75. The molecular formula is C20H25N3O4. The first kappa shape index (κ1) is 17.8. The zero-order valence-electron chi connectivity index (χ0n) is 15.6. The second kappa shape index (κ2) is 7.21. The molecule has 0 spiro atoms. The number of ether oxygens (including phenoxy) is 1. The monoisotopic (exact) mass is 371 g/mol. The fourth-order valence-corrected chi connectivity index (χ4v) is 4.38. The van der Waals surface area contributed by atoms with E-state index in [0.29, 0.717) is 18.0 Å². The van der Waals surface area contributed by atoms with Crippen molar-refractivity contribution in [1.29, 1.82) is 0 Å². The topological polar surface area (TPSA) is 79.0 Å². The number of hydrogen-bond donors (Lipinski definition) is 1. The van der Waals surface area contributed by atoms with Gasteiger partial charge in [0, 0.05) is 12.5 Å². The Hall–Kier alpha value is -2.57. The third-order valence-electron chi connectivity index (χ3n) is 5.87. The normalized spacial score (nSPS) is 22.5. The Morgan fingerprint density at radius 1 is 1.19 bits per heavy atom. The van der Waals surface area contributed by atoms with Crippen molar-refractivity contribution in [2.24, 2.45) is 5.92 Å². The largest absolute Gasteiger partial charge is 0.495 e. The number of amides is 4. The van der Waals surface area contributed by atoms with E-state index < -0.39 is 0 Å². The van der Waals surface area contributed by atoms with E-state index in [1.54, 1.807) is 24.1 Å². The maximum absolute atomic E-state index is 12.5. The van der Waals surface area contributed by atoms with Gasteiger partial charge in [-0.05, 0) is 43.4 Å². The summed E-state index contributed by atoms with van der Waals surface area (Å²) in [6.45, 7) is 0.859. The number of nitrogens with one attached hydrogen (secondary N) is 1. The van der Waals surface area contributed by atoms with E-state index in [1.165, 1.54) is 4.90 Å². The molecule has 0 bridgehead atoms. The van der Waals surface area contributed by atoms with Crippen molar-refractivity contribution in [2.75, 3.05) is 19.0 Å². The van der Waals surface area contributed by atoms with Gasteiger partial charge in [-0.3, -0.25) is 14.5 Å². The highest BCUT2D eigenvalue weighted by molar-refractivity contribution is 6.04. The van der Waals surface area contributed by atoms with Gasteiger partial charge in [-0.2, -0.15) is 0 Å². The molecule has 1 aliphatic carbocycles. The van der Waals surface area contributed by atoms with E-state index in [2.05, 4.69) is 5.32 Å². The van der Waals surface area contributed by atoms with Crippen molar-refractivity contribution >= 4 is 23.5 Å². The number of imide groups is 1. The molecule has 2 aliphatic heterocycles. The van der Waals surface area contributed by atoms with Crippen LogP contribution in [-0.4, -0.2) is 47.3 Å². The van der Waals surface area contributed by atoms with Crippen molar-refractivity contribution < 1.29 is 19.1 Å². The highest BCUT2D eigenvalue weighted by Crippen LogP contribution is 2.32. The number of benzene rings is 1. The Labute approximate surface area is 158 Å². The molecule has 7 heteroatoms. The Kier molecular flexibility index (Phi) is 4.76. The molecule has 2 saturated heterocycles. The molecule has 1 aromatic carbocycles.